The van der Waals surface area contributed by atoms with Crippen molar-refractivity contribution in [2.45, 2.75) is 19.8 Å². The fraction of sp³-hybridized carbons (Fsp3) is 0.161. The number of esters is 1. The van der Waals surface area contributed by atoms with Crippen LogP contribution in [0.3, 0.4) is 0 Å². The van der Waals surface area contributed by atoms with Crippen LogP contribution in [0.25, 0.3) is 10.8 Å². The molecule has 4 aromatic carbocycles. The monoisotopic (exact) mass is 523 g/mol. The van der Waals surface area contributed by atoms with E-state index in [1.807, 2.05) is 36.4 Å². The summed E-state index contributed by atoms with van der Waals surface area (Å²) in [4.78, 5) is 37.4. The van der Waals surface area contributed by atoms with E-state index in [4.69, 9.17) is 9.47 Å². The lowest BCUT2D eigenvalue weighted by Gasteiger charge is -2.10. The molecule has 0 aliphatic heterocycles. The van der Waals surface area contributed by atoms with Crippen molar-refractivity contribution in [1.82, 2.24) is 10.7 Å². The highest BCUT2D eigenvalue weighted by Gasteiger charge is 2.14. The number of ether oxygens (including phenoxy) is 2. The number of nitrogens with one attached hydrogen (secondary N) is 2. The minimum Gasteiger partial charge on any atom is -0.494 e. The van der Waals surface area contributed by atoms with E-state index < -0.39 is 17.8 Å². The van der Waals surface area contributed by atoms with Crippen molar-refractivity contribution < 1.29 is 23.9 Å². The maximum absolute atomic E-state index is 12.6. The van der Waals surface area contributed by atoms with E-state index in [1.165, 1.54) is 6.21 Å². The van der Waals surface area contributed by atoms with Gasteiger partial charge in [0.05, 0.1) is 24.9 Å². The number of carbonyl (C=O) groups is 3. The van der Waals surface area contributed by atoms with Crippen LogP contribution in [0.5, 0.6) is 11.5 Å². The molecule has 0 unspecified atom stereocenters. The van der Waals surface area contributed by atoms with E-state index in [1.54, 1.807) is 54.6 Å². The first-order valence-electron chi connectivity index (χ1n) is 12.7. The third kappa shape index (κ3) is 7.52. The quantitative estimate of drug-likeness (QED) is 0.0934. The summed E-state index contributed by atoms with van der Waals surface area (Å²) in [5, 5.41) is 8.33. The standard InChI is InChI=1S/C31H29N3O5/c1-2-3-19-38-25-16-13-23(14-17-25)30(36)32-21-29(35)34-33-20-27-26-12-8-7-9-22(26)15-18-28(27)39-31(37)24-10-5-4-6-11-24/h4-18,20H,2-3,19,21H2,1H3,(H,32,36)(H,34,35)/b33-20-. The summed E-state index contributed by atoms with van der Waals surface area (Å²) >= 11 is 0. The Kier molecular flexibility index (Phi) is 9.39. The number of hydrogen-bond donors (Lipinski definition) is 2. The molecule has 8 heteroatoms. The molecular weight excluding hydrogens is 494 g/mol. The van der Waals surface area contributed by atoms with Gasteiger partial charge in [-0.25, -0.2) is 10.2 Å². The second kappa shape index (κ2) is 13.5. The van der Waals surface area contributed by atoms with Crippen LogP contribution in [0.15, 0.2) is 96.1 Å². The number of hydrogen-bond acceptors (Lipinski definition) is 6. The van der Waals surface area contributed by atoms with Gasteiger partial charge in [0.1, 0.15) is 11.5 Å². The highest BCUT2D eigenvalue weighted by molar-refractivity contribution is 6.04. The zero-order chi connectivity index (χ0) is 27.5. The Labute approximate surface area is 226 Å². The van der Waals surface area contributed by atoms with Crippen LogP contribution in [-0.2, 0) is 4.79 Å². The van der Waals surface area contributed by atoms with E-state index in [0.29, 0.717) is 34.8 Å². The molecule has 0 saturated heterocycles. The zero-order valence-corrected chi connectivity index (χ0v) is 21.6. The van der Waals surface area contributed by atoms with Gasteiger partial charge in [-0.05, 0) is 59.7 Å². The predicted molar refractivity (Wildman–Crippen MR) is 150 cm³/mol. The molecular formula is C31H29N3O5. The average molecular weight is 524 g/mol. The van der Waals surface area contributed by atoms with Gasteiger partial charge in [0.15, 0.2) is 0 Å². The second-order valence-corrected chi connectivity index (χ2v) is 8.66. The fourth-order valence-corrected chi connectivity index (χ4v) is 3.74. The maximum Gasteiger partial charge on any atom is 0.343 e. The Morgan fingerprint density at radius 3 is 2.36 bits per heavy atom. The number of benzene rings is 4. The fourth-order valence-electron chi connectivity index (χ4n) is 3.74. The van der Waals surface area contributed by atoms with E-state index >= 15 is 0 Å². The SMILES string of the molecule is CCCCOc1ccc(C(=O)NCC(=O)N/N=C\c2c(OC(=O)c3ccccc3)ccc3ccccc23)cc1. The Bertz CT molecular complexity index is 1470. The maximum atomic E-state index is 12.6. The molecule has 2 amide bonds. The van der Waals surface area contributed by atoms with Crippen molar-refractivity contribution in [1.29, 1.82) is 0 Å². The number of rotatable bonds is 11. The third-order valence-corrected chi connectivity index (χ3v) is 5.82. The van der Waals surface area contributed by atoms with Crippen LogP contribution in [-0.4, -0.2) is 37.1 Å². The molecule has 2 N–H and O–H groups in total. The molecule has 0 aliphatic rings. The topological polar surface area (TPSA) is 106 Å². The predicted octanol–water partition coefficient (Wildman–Crippen LogP) is 5.12. The van der Waals surface area contributed by atoms with Gasteiger partial charge in [-0.15, -0.1) is 0 Å². The van der Waals surface area contributed by atoms with Crippen molar-refractivity contribution in [3.63, 3.8) is 0 Å². The molecule has 8 nitrogen and oxygen atoms in total. The summed E-state index contributed by atoms with van der Waals surface area (Å²) in [6, 6.07) is 26.5. The number of carbonyl (C=O) groups excluding carboxylic acids is 3. The molecule has 0 saturated carbocycles. The molecule has 0 aromatic heterocycles. The Morgan fingerprint density at radius 1 is 0.846 bits per heavy atom. The number of fused-ring (bicyclic) bond motifs is 1. The number of amides is 2. The Morgan fingerprint density at radius 2 is 1.59 bits per heavy atom. The summed E-state index contributed by atoms with van der Waals surface area (Å²) in [6.07, 6.45) is 3.42. The van der Waals surface area contributed by atoms with Gasteiger partial charge in [0.25, 0.3) is 11.8 Å². The summed E-state index contributed by atoms with van der Waals surface area (Å²) < 4.78 is 11.3. The van der Waals surface area contributed by atoms with Crippen molar-refractivity contribution in [2.24, 2.45) is 5.10 Å². The zero-order valence-electron chi connectivity index (χ0n) is 21.6. The molecule has 0 fully saturated rings. The first-order chi connectivity index (χ1) is 19.0. The van der Waals surface area contributed by atoms with Crippen molar-refractivity contribution in [2.75, 3.05) is 13.2 Å². The van der Waals surface area contributed by atoms with E-state index in [2.05, 4.69) is 22.8 Å². The molecule has 0 atom stereocenters. The molecule has 0 aliphatic carbocycles. The Hall–Kier alpha value is -4.98. The number of unbranched alkanes of at least 4 members (excludes halogenated alkanes) is 1. The van der Waals surface area contributed by atoms with E-state index in [0.717, 1.165) is 23.6 Å². The number of nitrogens with zero attached hydrogens (tertiary/aromatic N) is 1. The molecule has 0 spiro atoms. The molecule has 0 bridgehead atoms. The van der Waals surface area contributed by atoms with Crippen LogP contribution in [0.1, 0.15) is 46.0 Å². The highest BCUT2D eigenvalue weighted by atomic mass is 16.5. The lowest BCUT2D eigenvalue weighted by Crippen LogP contribution is -2.34. The lowest BCUT2D eigenvalue weighted by atomic mass is 10.0. The first kappa shape index (κ1) is 27.1. The van der Waals surface area contributed by atoms with Gasteiger partial charge in [0, 0.05) is 11.1 Å². The van der Waals surface area contributed by atoms with Crippen LogP contribution in [0.2, 0.25) is 0 Å². The van der Waals surface area contributed by atoms with Gasteiger partial charge < -0.3 is 14.8 Å². The number of hydrazone groups is 1. The van der Waals surface area contributed by atoms with Gasteiger partial charge in [-0.3, -0.25) is 9.59 Å². The first-order valence-corrected chi connectivity index (χ1v) is 12.7. The van der Waals surface area contributed by atoms with Crippen molar-refractivity contribution >= 4 is 34.8 Å². The summed E-state index contributed by atoms with van der Waals surface area (Å²) in [7, 11) is 0. The van der Waals surface area contributed by atoms with Crippen LogP contribution < -0.4 is 20.2 Å². The third-order valence-electron chi connectivity index (χ3n) is 5.82. The minimum absolute atomic E-state index is 0.268. The van der Waals surface area contributed by atoms with Crippen LogP contribution in [0, 0.1) is 0 Å². The van der Waals surface area contributed by atoms with Crippen molar-refractivity contribution in [3.8, 4) is 11.5 Å². The minimum atomic E-state index is -0.512. The van der Waals surface area contributed by atoms with Gasteiger partial charge >= 0.3 is 5.97 Å². The molecule has 0 radical (unpaired) electrons. The smallest absolute Gasteiger partial charge is 0.343 e. The van der Waals surface area contributed by atoms with E-state index in [9.17, 15) is 14.4 Å². The molecule has 4 rings (SSSR count). The van der Waals surface area contributed by atoms with E-state index in [-0.39, 0.29) is 6.54 Å². The normalized spacial score (nSPS) is 10.8. The van der Waals surface area contributed by atoms with Crippen molar-refractivity contribution in [3.05, 3.63) is 108 Å². The molecule has 0 heterocycles. The Balaban J connectivity index is 1.38. The van der Waals surface area contributed by atoms with Crippen LogP contribution in [0.4, 0.5) is 0 Å². The van der Waals surface area contributed by atoms with Gasteiger partial charge in [-0.2, -0.15) is 5.10 Å². The lowest BCUT2D eigenvalue weighted by molar-refractivity contribution is -0.120. The largest absolute Gasteiger partial charge is 0.494 e. The summed E-state index contributed by atoms with van der Waals surface area (Å²) in [6.45, 7) is 2.44. The van der Waals surface area contributed by atoms with Crippen LogP contribution >= 0.6 is 0 Å². The average Bonchev–Trinajstić information content (AvgIpc) is 2.97. The molecule has 39 heavy (non-hydrogen) atoms. The highest BCUT2D eigenvalue weighted by Crippen LogP contribution is 2.27. The molecule has 198 valence electrons. The summed E-state index contributed by atoms with van der Waals surface area (Å²) in [5.41, 5.74) is 3.76. The molecule has 4 aromatic rings. The van der Waals surface area contributed by atoms with Gasteiger partial charge in [0.2, 0.25) is 0 Å². The summed E-state index contributed by atoms with van der Waals surface area (Å²) in [5.74, 6) is -0.418. The second-order valence-electron chi connectivity index (χ2n) is 8.66. The van der Waals surface area contributed by atoms with Gasteiger partial charge in [-0.1, -0.05) is 61.9 Å².